The molecular weight excluding hydrogens is 488 g/mol. The number of ether oxygens (including phenoxy) is 2. The van der Waals surface area contributed by atoms with Gasteiger partial charge < -0.3 is 19.0 Å². The molecule has 0 aliphatic carbocycles. The Balaban J connectivity index is 1.64. The molecule has 0 unspecified atom stereocenters. The van der Waals surface area contributed by atoms with Crippen LogP contribution in [0.15, 0.2) is 74.3 Å². The van der Waals surface area contributed by atoms with E-state index in [0.717, 1.165) is 11.8 Å². The molecule has 1 saturated heterocycles. The van der Waals surface area contributed by atoms with Gasteiger partial charge in [0.25, 0.3) is 11.6 Å². The number of nitro benzene ring substituents is 1. The lowest BCUT2D eigenvalue weighted by atomic mass is 10.1. The Morgan fingerprint density at radius 1 is 1.14 bits per heavy atom. The predicted octanol–water partition coefficient (Wildman–Crippen LogP) is 4.42. The number of carbonyl (C=O) groups is 1. The van der Waals surface area contributed by atoms with Gasteiger partial charge in [-0.1, -0.05) is 0 Å². The number of rotatable bonds is 8. The molecule has 0 spiro atoms. The molecule has 11 nitrogen and oxygen atoms in total. The lowest BCUT2D eigenvalue weighted by molar-refractivity contribution is -0.384. The fourth-order valence-electron chi connectivity index (χ4n) is 3.26. The van der Waals surface area contributed by atoms with E-state index in [1.807, 2.05) is 0 Å². The average molecular weight is 509 g/mol. The van der Waals surface area contributed by atoms with Crippen molar-refractivity contribution in [3.8, 4) is 17.2 Å². The number of hydrogen-bond acceptors (Lipinski definition) is 10. The summed E-state index contributed by atoms with van der Waals surface area (Å²) in [5.74, 6) is 0.503. The Bertz CT molecular complexity index is 1340. The second-order valence-electron chi connectivity index (χ2n) is 7.33. The van der Waals surface area contributed by atoms with Crippen LogP contribution >= 0.6 is 11.8 Å². The van der Waals surface area contributed by atoms with Crippen LogP contribution in [0.1, 0.15) is 16.9 Å². The van der Waals surface area contributed by atoms with E-state index in [4.69, 9.17) is 13.9 Å². The van der Waals surface area contributed by atoms with Crippen LogP contribution in [0, 0.1) is 10.1 Å². The standard InChI is InChI=1S/C24H20N4O7S/c1-33-19-10-16(11-20(34-2)22(19)29)12-21-23(30)27(14-18-4-3-9-35-18)24(36-21)26-25-13-15-5-7-17(8-6-15)28(31)32/h3-13,29H,14H2,1-2H3/b21-12-,25-13-,26-24+. The maximum absolute atomic E-state index is 13.2. The van der Waals surface area contributed by atoms with Gasteiger partial charge >= 0.3 is 0 Å². The Hall–Kier alpha value is -4.58. The lowest BCUT2D eigenvalue weighted by Gasteiger charge is -2.12. The van der Waals surface area contributed by atoms with Crippen LogP contribution in [0.2, 0.25) is 0 Å². The maximum atomic E-state index is 13.2. The molecule has 2 aromatic carbocycles. The fraction of sp³-hybridized carbons (Fsp3) is 0.125. The number of methoxy groups -OCH3 is 2. The highest BCUT2D eigenvalue weighted by Crippen LogP contribution is 2.39. The molecule has 1 aliphatic heterocycles. The fourth-order valence-corrected chi connectivity index (χ4v) is 4.19. The van der Waals surface area contributed by atoms with Crippen molar-refractivity contribution < 1.29 is 28.7 Å². The molecule has 4 rings (SSSR count). The summed E-state index contributed by atoms with van der Waals surface area (Å²) in [6.07, 6.45) is 4.58. The van der Waals surface area contributed by atoms with E-state index in [9.17, 15) is 20.0 Å². The quantitative estimate of drug-likeness (QED) is 0.204. The zero-order valence-corrected chi connectivity index (χ0v) is 20.0. The first-order valence-electron chi connectivity index (χ1n) is 10.4. The summed E-state index contributed by atoms with van der Waals surface area (Å²) in [6, 6.07) is 12.5. The predicted molar refractivity (Wildman–Crippen MR) is 134 cm³/mol. The number of benzene rings is 2. The van der Waals surface area contributed by atoms with E-state index in [0.29, 0.717) is 27.0 Å². The third kappa shape index (κ3) is 5.39. The number of phenols is 1. The van der Waals surface area contributed by atoms with Crippen molar-refractivity contribution in [1.82, 2.24) is 4.90 Å². The van der Waals surface area contributed by atoms with Crippen LogP contribution in [-0.2, 0) is 11.3 Å². The van der Waals surface area contributed by atoms with Crippen LogP contribution < -0.4 is 9.47 Å². The van der Waals surface area contributed by atoms with Crippen LogP contribution in [0.25, 0.3) is 6.08 Å². The van der Waals surface area contributed by atoms with Gasteiger partial charge in [-0.15, -0.1) is 5.10 Å². The number of thioether (sulfide) groups is 1. The number of carbonyl (C=O) groups excluding carboxylic acids is 1. The van der Waals surface area contributed by atoms with Gasteiger partial charge in [0, 0.05) is 12.1 Å². The summed E-state index contributed by atoms with van der Waals surface area (Å²) in [5, 5.41) is 29.6. The molecule has 12 heteroatoms. The SMILES string of the molecule is COc1cc(/C=C2\S/C(=N/N=C\c3ccc([N+](=O)[O-])cc3)N(Cc3ccco3)C2=O)cc(OC)c1O. The van der Waals surface area contributed by atoms with Gasteiger partial charge in [-0.05, 0) is 65.4 Å². The van der Waals surface area contributed by atoms with Gasteiger partial charge in [0.05, 0.1) is 43.1 Å². The number of phenolic OH excluding ortho intramolecular Hbond substituents is 1. The average Bonchev–Trinajstić information content (AvgIpc) is 3.49. The van der Waals surface area contributed by atoms with Gasteiger partial charge in [0.15, 0.2) is 16.7 Å². The molecular formula is C24H20N4O7S. The summed E-state index contributed by atoms with van der Waals surface area (Å²) < 4.78 is 15.8. The van der Waals surface area contributed by atoms with Crippen molar-refractivity contribution >= 4 is 40.8 Å². The normalized spacial score (nSPS) is 15.8. The van der Waals surface area contributed by atoms with Crippen molar-refractivity contribution in [2.45, 2.75) is 6.54 Å². The number of nitro groups is 1. The minimum absolute atomic E-state index is 0.0303. The Morgan fingerprint density at radius 3 is 2.42 bits per heavy atom. The molecule has 184 valence electrons. The molecule has 1 N–H and O–H groups in total. The Kier molecular flexibility index (Phi) is 7.35. The van der Waals surface area contributed by atoms with E-state index >= 15 is 0 Å². The number of non-ortho nitro benzene ring substituents is 1. The summed E-state index contributed by atoms with van der Waals surface area (Å²) in [7, 11) is 2.83. The summed E-state index contributed by atoms with van der Waals surface area (Å²) >= 11 is 1.11. The maximum Gasteiger partial charge on any atom is 0.269 e. The smallest absolute Gasteiger partial charge is 0.269 e. The second-order valence-corrected chi connectivity index (χ2v) is 8.34. The van der Waals surface area contributed by atoms with Crippen LogP contribution in [0.5, 0.6) is 17.2 Å². The second kappa shape index (κ2) is 10.8. The molecule has 1 fully saturated rings. The van der Waals surface area contributed by atoms with E-state index in [2.05, 4.69) is 10.2 Å². The molecule has 0 saturated carbocycles. The highest BCUT2D eigenvalue weighted by atomic mass is 32.2. The summed E-state index contributed by atoms with van der Waals surface area (Å²) in [6.45, 7) is 0.143. The van der Waals surface area contributed by atoms with Gasteiger partial charge in [-0.25, -0.2) is 0 Å². The van der Waals surface area contributed by atoms with Crippen molar-refractivity contribution in [2.24, 2.45) is 10.2 Å². The van der Waals surface area contributed by atoms with Gasteiger partial charge in [-0.3, -0.25) is 19.8 Å². The number of amides is 1. The molecule has 1 amide bonds. The number of nitrogens with zero attached hydrogens (tertiary/aromatic N) is 4. The number of furan rings is 1. The van der Waals surface area contributed by atoms with E-state index in [1.165, 1.54) is 43.7 Å². The van der Waals surface area contributed by atoms with Crippen LogP contribution in [-0.4, -0.2) is 46.4 Å². The molecule has 0 atom stereocenters. The first kappa shape index (κ1) is 24.5. The molecule has 36 heavy (non-hydrogen) atoms. The van der Waals surface area contributed by atoms with Crippen molar-refractivity contribution in [2.75, 3.05) is 14.2 Å². The van der Waals surface area contributed by atoms with E-state index in [1.54, 1.807) is 42.5 Å². The first-order valence-corrected chi connectivity index (χ1v) is 11.3. The van der Waals surface area contributed by atoms with Gasteiger partial charge in [0.1, 0.15) is 5.76 Å². The van der Waals surface area contributed by atoms with Crippen LogP contribution in [0.3, 0.4) is 0 Å². The third-order valence-electron chi connectivity index (χ3n) is 5.04. The minimum Gasteiger partial charge on any atom is -0.502 e. The zero-order chi connectivity index (χ0) is 25.7. The summed E-state index contributed by atoms with van der Waals surface area (Å²) in [5.41, 5.74) is 1.15. The topological polar surface area (TPSA) is 140 Å². The molecule has 1 aromatic heterocycles. The molecule has 1 aliphatic rings. The molecule has 3 aromatic rings. The lowest BCUT2D eigenvalue weighted by Crippen LogP contribution is -2.28. The molecule has 0 radical (unpaired) electrons. The van der Waals surface area contributed by atoms with Crippen LogP contribution in [0.4, 0.5) is 5.69 Å². The number of hydrogen-bond donors (Lipinski definition) is 1. The highest BCUT2D eigenvalue weighted by Gasteiger charge is 2.34. The third-order valence-corrected chi connectivity index (χ3v) is 6.03. The van der Waals surface area contributed by atoms with Crippen molar-refractivity contribution in [3.63, 3.8) is 0 Å². The van der Waals surface area contributed by atoms with Gasteiger partial charge in [-0.2, -0.15) is 5.10 Å². The molecule has 2 heterocycles. The van der Waals surface area contributed by atoms with E-state index < -0.39 is 4.92 Å². The highest BCUT2D eigenvalue weighted by molar-refractivity contribution is 8.18. The molecule has 0 bridgehead atoms. The van der Waals surface area contributed by atoms with Crippen molar-refractivity contribution in [3.05, 3.63) is 86.7 Å². The monoisotopic (exact) mass is 508 g/mol. The van der Waals surface area contributed by atoms with Gasteiger partial charge in [0.2, 0.25) is 5.75 Å². The summed E-state index contributed by atoms with van der Waals surface area (Å²) in [4.78, 5) is 25.4. The zero-order valence-electron chi connectivity index (χ0n) is 19.2. The number of aromatic hydroxyl groups is 1. The number of amidine groups is 1. The Labute approximate surface area is 209 Å². The largest absolute Gasteiger partial charge is 0.502 e. The Morgan fingerprint density at radius 2 is 1.83 bits per heavy atom. The minimum atomic E-state index is -0.485. The van der Waals surface area contributed by atoms with E-state index in [-0.39, 0.29) is 35.4 Å². The van der Waals surface area contributed by atoms with Crippen molar-refractivity contribution in [1.29, 1.82) is 0 Å². The first-order chi connectivity index (χ1) is 17.4.